The van der Waals surface area contributed by atoms with Crippen LogP contribution in [0.25, 0.3) is 11.4 Å². The van der Waals surface area contributed by atoms with E-state index in [1.54, 1.807) is 13.4 Å². The molecule has 0 saturated heterocycles. The summed E-state index contributed by atoms with van der Waals surface area (Å²) in [6, 6.07) is 11.6. The Labute approximate surface area is 168 Å². The lowest BCUT2D eigenvalue weighted by atomic mass is 10.2. The van der Waals surface area contributed by atoms with E-state index in [-0.39, 0.29) is 17.7 Å². The number of aromatic nitrogens is 3. The van der Waals surface area contributed by atoms with Crippen molar-refractivity contribution in [1.29, 1.82) is 0 Å². The number of furan rings is 1. The van der Waals surface area contributed by atoms with E-state index < -0.39 is 0 Å². The molecule has 0 unspecified atom stereocenters. The van der Waals surface area contributed by atoms with E-state index >= 15 is 0 Å². The Bertz CT molecular complexity index is 908. The Balaban J connectivity index is 1.85. The molecule has 3 aromatic rings. The molecule has 0 aliphatic rings. The fourth-order valence-corrected chi connectivity index (χ4v) is 3.37. The molecule has 0 spiro atoms. The number of ether oxygens (including phenoxy) is 1. The van der Waals surface area contributed by atoms with Crippen molar-refractivity contribution in [3.63, 3.8) is 0 Å². The minimum absolute atomic E-state index is 0.0187. The molecule has 7 nitrogen and oxygen atoms in total. The first-order valence-corrected chi connectivity index (χ1v) is 10.1. The molecule has 1 N–H and O–H groups in total. The molecule has 2 aromatic heterocycles. The lowest BCUT2D eigenvalue weighted by Gasteiger charge is -2.12. The van der Waals surface area contributed by atoms with Crippen LogP contribution in [0.1, 0.15) is 26.0 Å². The van der Waals surface area contributed by atoms with Gasteiger partial charge >= 0.3 is 0 Å². The Kier molecular flexibility index (Phi) is 6.76. The van der Waals surface area contributed by atoms with Crippen LogP contribution in [0.15, 0.2) is 52.2 Å². The molecule has 1 amide bonds. The highest BCUT2D eigenvalue weighted by Gasteiger charge is 2.18. The molecule has 2 heterocycles. The standard InChI is InChI=1S/C20H24N4O3S/c1-4-14(2)21-18(25)13-28-20-23-22-19(15-7-5-8-16(11-15)26-3)24(20)12-17-9-6-10-27-17/h5-11,14H,4,12-13H2,1-3H3,(H,21,25)/t14-/m1/s1. The molecule has 148 valence electrons. The van der Waals surface area contributed by atoms with Crippen molar-refractivity contribution in [2.24, 2.45) is 0 Å². The van der Waals surface area contributed by atoms with Crippen LogP contribution in [0.4, 0.5) is 0 Å². The maximum atomic E-state index is 12.1. The van der Waals surface area contributed by atoms with Crippen molar-refractivity contribution in [2.75, 3.05) is 12.9 Å². The molecule has 1 atom stereocenters. The first-order chi connectivity index (χ1) is 13.6. The minimum atomic E-state index is -0.0187. The first kappa shape index (κ1) is 20.0. The van der Waals surface area contributed by atoms with E-state index in [4.69, 9.17) is 9.15 Å². The predicted octanol–water partition coefficient (Wildman–Crippen LogP) is 3.60. The van der Waals surface area contributed by atoms with Gasteiger partial charge < -0.3 is 14.5 Å². The zero-order valence-corrected chi connectivity index (χ0v) is 17.0. The summed E-state index contributed by atoms with van der Waals surface area (Å²) in [4.78, 5) is 12.1. The average molecular weight is 401 g/mol. The maximum Gasteiger partial charge on any atom is 0.230 e. The van der Waals surface area contributed by atoms with Crippen LogP contribution in [0, 0.1) is 0 Å². The molecule has 28 heavy (non-hydrogen) atoms. The zero-order valence-electron chi connectivity index (χ0n) is 16.2. The zero-order chi connectivity index (χ0) is 19.9. The number of carbonyl (C=O) groups excluding carboxylic acids is 1. The fourth-order valence-electron chi connectivity index (χ4n) is 2.62. The molecule has 0 saturated carbocycles. The van der Waals surface area contributed by atoms with Crippen molar-refractivity contribution in [3.05, 3.63) is 48.4 Å². The lowest BCUT2D eigenvalue weighted by molar-refractivity contribution is -0.119. The Hall–Kier alpha value is -2.74. The van der Waals surface area contributed by atoms with Crippen LogP contribution < -0.4 is 10.1 Å². The molecule has 0 radical (unpaired) electrons. The molecular formula is C20H24N4O3S. The second-order valence-electron chi connectivity index (χ2n) is 6.37. The van der Waals surface area contributed by atoms with Gasteiger partial charge in [0, 0.05) is 11.6 Å². The summed E-state index contributed by atoms with van der Waals surface area (Å²) in [5.41, 5.74) is 0.884. The number of nitrogens with one attached hydrogen (secondary N) is 1. The van der Waals surface area contributed by atoms with Crippen molar-refractivity contribution in [3.8, 4) is 17.1 Å². The van der Waals surface area contributed by atoms with E-state index in [0.29, 0.717) is 17.5 Å². The van der Waals surface area contributed by atoms with Crippen molar-refractivity contribution in [1.82, 2.24) is 20.1 Å². The number of hydrogen-bond donors (Lipinski definition) is 1. The number of thioether (sulfide) groups is 1. The van der Waals surface area contributed by atoms with Crippen LogP contribution in [0.3, 0.4) is 0 Å². The number of amides is 1. The van der Waals surface area contributed by atoms with E-state index in [1.807, 2.05) is 54.8 Å². The highest BCUT2D eigenvalue weighted by Crippen LogP contribution is 2.27. The van der Waals surface area contributed by atoms with Crippen LogP contribution in [-0.4, -0.2) is 39.6 Å². The normalized spacial score (nSPS) is 12.0. The minimum Gasteiger partial charge on any atom is -0.497 e. The van der Waals surface area contributed by atoms with Gasteiger partial charge in [0.2, 0.25) is 5.91 Å². The smallest absolute Gasteiger partial charge is 0.230 e. The van der Waals surface area contributed by atoms with Gasteiger partial charge in [-0.15, -0.1) is 10.2 Å². The second kappa shape index (κ2) is 9.45. The van der Waals surface area contributed by atoms with E-state index in [2.05, 4.69) is 15.5 Å². The van der Waals surface area contributed by atoms with Gasteiger partial charge in [0.05, 0.1) is 25.7 Å². The van der Waals surface area contributed by atoms with Crippen LogP contribution in [0.5, 0.6) is 5.75 Å². The fraction of sp³-hybridized carbons (Fsp3) is 0.350. The van der Waals surface area contributed by atoms with Crippen molar-refractivity contribution < 1.29 is 13.9 Å². The predicted molar refractivity (Wildman–Crippen MR) is 108 cm³/mol. The highest BCUT2D eigenvalue weighted by atomic mass is 32.2. The van der Waals surface area contributed by atoms with Crippen molar-refractivity contribution >= 4 is 17.7 Å². The molecule has 8 heteroatoms. The Morgan fingerprint density at radius 1 is 1.32 bits per heavy atom. The quantitative estimate of drug-likeness (QED) is 0.553. The Morgan fingerprint density at radius 3 is 2.89 bits per heavy atom. The summed E-state index contributed by atoms with van der Waals surface area (Å²) in [7, 11) is 1.63. The van der Waals surface area contributed by atoms with Gasteiger partial charge in [-0.25, -0.2) is 0 Å². The molecule has 0 fully saturated rings. The summed E-state index contributed by atoms with van der Waals surface area (Å²) in [5, 5.41) is 12.3. The number of hydrogen-bond acceptors (Lipinski definition) is 6. The van der Waals surface area contributed by atoms with Crippen LogP contribution >= 0.6 is 11.8 Å². The van der Waals surface area contributed by atoms with Crippen LogP contribution in [0.2, 0.25) is 0 Å². The number of benzene rings is 1. The van der Waals surface area contributed by atoms with Crippen molar-refractivity contribution in [2.45, 2.75) is 38.0 Å². The van der Waals surface area contributed by atoms with Gasteiger partial charge in [-0.1, -0.05) is 30.8 Å². The number of methoxy groups -OCH3 is 1. The van der Waals surface area contributed by atoms with E-state index in [1.165, 1.54) is 11.8 Å². The summed E-state index contributed by atoms with van der Waals surface area (Å²) in [6.45, 7) is 4.50. The van der Waals surface area contributed by atoms with E-state index in [0.717, 1.165) is 23.5 Å². The summed E-state index contributed by atoms with van der Waals surface area (Å²) < 4.78 is 12.8. The number of carbonyl (C=O) groups is 1. The summed E-state index contributed by atoms with van der Waals surface area (Å²) >= 11 is 1.36. The highest BCUT2D eigenvalue weighted by molar-refractivity contribution is 7.99. The maximum absolute atomic E-state index is 12.1. The third-order valence-corrected chi connectivity index (χ3v) is 5.26. The van der Waals surface area contributed by atoms with Gasteiger partial charge in [-0.05, 0) is 37.6 Å². The van der Waals surface area contributed by atoms with Gasteiger partial charge in [0.1, 0.15) is 11.5 Å². The number of nitrogens with zero attached hydrogens (tertiary/aromatic N) is 3. The molecule has 0 aliphatic heterocycles. The third kappa shape index (κ3) is 4.95. The third-order valence-electron chi connectivity index (χ3n) is 4.29. The average Bonchev–Trinajstić information content (AvgIpc) is 3.36. The SMILES string of the molecule is CC[C@@H](C)NC(=O)CSc1nnc(-c2cccc(OC)c2)n1Cc1ccco1. The molecule has 0 aliphatic carbocycles. The number of rotatable bonds is 9. The van der Waals surface area contributed by atoms with Crippen LogP contribution in [-0.2, 0) is 11.3 Å². The molecular weight excluding hydrogens is 376 g/mol. The molecule has 1 aromatic carbocycles. The molecule has 0 bridgehead atoms. The first-order valence-electron chi connectivity index (χ1n) is 9.12. The van der Waals surface area contributed by atoms with Gasteiger partial charge in [0.15, 0.2) is 11.0 Å². The van der Waals surface area contributed by atoms with Gasteiger partial charge in [-0.2, -0.15) is 0 Å². The van der Waals surface area contributed by atoms with Gasteiger partial charge in [0.25, 0.3) is 0 Å². The second-order valence-corrected chi connectivity index (χ2v) is 7.31. The summed E-state index contributed by atoms with van der Waals surface area (Å²) in [6.07, 6.45) is 2.53. The summed E-state index contributed by atoms with van der Waals surface area (Å²) in [5.74, 6) is 2.48. The molecule has 3 rings (SSSR count). The Morgan fingerprint density at radius 2 is 2.18 bits per heavy atom. The topological polar surface area (TPSA) is 82.2 Å². The largest absolute Gasteiger partial charge is 0.497 e. The lowest BCUT2D eigenvalue weighted by Crippen LogP contribution is -2.33. The van der Waals surface area contributed by atoms with E-state index in [9.17, 15) is 4.79 Å². The van der Waals surface area contributed by atoms with Gasteiger partial charge in [-0.3, -0.25) is 9.36 Å². The monoisotopic (exact) mass is 400 g/mol.